The van der Waals surface area contributed by atoms with E-state index in [9.17, 15) is 34.5 Å². The first-order valence-corrected chi connectivity index (χ1v) is 10.4. The maximum Gasteiger partial charge on any atom is 0.326 e. The van der Waals surface area contributed by atoms with Crippen LogP contribution in [0.5, 0.6) is 11.5 Å². The molecule has 10 nitrogen and oxygen atoms in total. The first-order chi connectivity index (χ1) is 15.6. The van der Waals surface area contributed by atoms with Crippen molar-refractivity contribution in [2.75, 3.05) is 6.54 Å². The molecule has 10 heteroatoms. The number of ketones is 1. The molecule has 8 N–H and O–H groups in total. The molecule has 0 unspecified atom stereocenters. The number of fused-ring (bicyclic) bond motifs is 5. The molecule has 0 radical (unpaired) electrons. The summed E-state index contributed by atoms with van der Waals surface area (Å²) in [4.78, 5) is 49.5. The lowest BCUT2D eigenvalue weighted by Crippen LogP contribution is -2.58. The Kier molecular flexibility index (Phi) is 6.98. The van der Waals surface area contributed by atoms with Gasteiger partial charge in [0.05, 0.1) is 0 Å². The van der Waals surface area contributed by atoms with Crippen LogP contribution in [0.2, 0.25) is 0 Å². The van der Waals surface area contributed by atoms with Crippen molar-refractivity contribution in [3.05, 3.63) is 47.5 Å². The molecule has 0 aromatic heterocycles. The van der Waals surface area contributed by atoms with Crippen LogP contribution in [0.3, 0.4) is 0 Å². The largest absolute Gasteiger partial charge is 0.507 e. The van der Waals surface area contributed by atoms with Crippen molar-refractivity contribution in [3.8, 4) is 22.6 Å². The van der Waals surface area contributed by atoms with Crippen LogP contribution in [-0.2, 0) is 25.6 Å². The number of phenolic OH excluding ortho intramolecular Hbond substituents is 2. The van der Waals surface area contributed by atoms with Crippen LogP contribution in [0.4, 0.5) is 0 Å². The van der Waals surface area contributed by atoms with Gasteiger partial charge in [-0.3, -0.25) is 14.4 Å². The lowest BCUT2D eigenvalue weighted by Gasteiger charge is -2.23. The summed E-state index contributed by atoms with van der Waals surface area (Å²) in [5.74, 6) is -4.03. The molecule has 0 saturated heterocycles. The fourth-order valence-corrected chi connectivity index (χ4v) is 3.72. The van der Waals surface area contributed by atoms with E-state index in [0.29, 0.717) is 11.1 Å². The van der Waals surface area contributed by atoms with Crippen molar-refractivity contribution in [1.82, 2.24) is 10.6 Å². The van der Waals surface area contributed by atoms with Crippen molar-refractivity contribution >= 4 is 23.6 Å². The number of phenols is 2. The molecule has 2 amide bonds. The van der Waals surface area contributed by atoms with Crippen LogP contribution in [0.15, 0.2) is 36.4 Å². The van der Waals surface area contributed by atoms with Gasteiger partial charge in [0.1, 0.15) is 23.6 Å². The van der Waals surface area contributed by atoms with Crippen molar-refractivity contribution in [2.45, 2.75) is 31.8 Å². The first-order valence-electron chi connectivity index (χ1n) is 10.4. The molecule has 3 rings (SSSR count). The Balaban J connectivity index is 2.20. The molecule has 1 aliphatic rings. The highest BCUT2D eigenvalue weighted by Gasteiger charge is 2.30. The third kappa shape index (κ3) is 5.29. The number of carbonyl (C=O) groups excluding carboxylic acids is 3. The van der Waals surface area contributed by atoms with Crippen molar-refractivity contribution in [2.24, 2.45) is 5.92 Å². The van der Waals surface area contributed by atoms with Crippen molar-refractivity contribution in [1.29, 1.82) is 0 Å². The van der Waals surface area contributed by atoms with Gasteiger partial charge in [-0.05, 0) is 35.4 Å². The van der Waals surface area contributed by atoms with Gasteiger partial charge in [0, 0.05) is 29.9 Å². The number of carboxylic acid groups (broad SMARTS) is 1. The first kappa shape index (κ1) is 23.7. The molecule has 174 valence electrons. The number of aromatic hydroxyl groups is 2. The Morgan fingerprint density at radius 2 is 1.70 bits per heavy atom. The van der Waals surface area contributed by atoms with Crippen LogP contribution < -0.4 is 16.4 Å². The normalized spacial score (nSPS) is 21.0. The van der Waals surface area contributed by atoms with Crippen LogP contribution in [0.1, 0.15) is 30.5 Å². The van der Waals surface area contributed by atoms with Crippen LogP contribution >= 0.6 is 0 Å². The number of hydrogen-bond acceptors (Lipinski definition) is 6. The molecule has 2 aromatic carbocycles. The number of carboxylic acids is 1. The number of benzene rings is 2. The number of quaternary nitrogens is 1. The number of nitrogens with one attached hydrogen (secondary N) is 2. The Hall–Kier alpha value is -3.92. The topological polar surface area (TPSA) is 181 Å². The predicted molar refractivity (Wildman–Crippen MR) is 116 cm³/mol. The molecular weight excluding hydrogens is 430 g/mol. The molecule has 0 spiro atoms. The second-order valence-corrected chi connectivity index (χ2v) is 8.05. The average molecular weight is 456 g/mol. The van der Waals surface area contributed by atoms with Gasteiger partial charge in [-0.15, -0.1) is 0 Å². The van der Waals surface area contributed by atoms with Gasteiger partial charge in [0.25, 0.3) is 5.91 Å². The number of aliphatic carboxylic acids is 1. The van der Waals surface area contributed by atoms with E-state index in [4.69, 9.17) is 0 Å². The van der Waals surface area contributed by atoms with E-state index in [-0.39, 0.29) is 42.0 Å². The average Bonchev–Trinajstić information content (AvgIpc) is 2.77. The van der Waals surface area contributed by atoms with Crippen LogP contribution in [0.25, 0.3) is 11.1 Å². The monoisotopic (exact) mass is 456 g/mol. The quantitative estimate of drug-likeness (QED) is 0.372. The number of carbonyl (C=O) groups is 4. The number of Topliss-reactive ketones (excluding diaryl/α,β-unsaturated/α-hetero) is 1. The fraction of sp³-hybridized carbons (Fsp3) is 0.304. The van der Waals surface area contributed by atoms with E-state index < -0.39 is 41.6 Å². The number of hydrogen-bond donors (Lipinski definition) is 6. The van der Waals surface area contributed by atoms with E-state index in [1.54, 1.807) is 0 Å². The van der Waals surface area contributed by atoms with E-state index in [1.807, 2.05) is 0 Å². The lowest BCUT2D eigenvalue weighted by molar-refractivity contribution is -0.355. The van der Waals surface area contributed by atoms with Gasteiger partial charge in [-0.25, -0.2) is 4.79 Å². The van der Waals surface area contributed by atoms with E-state index in [2.05, 4.69) is 16.4 Å². The molecule has 0 saturated carbocycles. The Labute approximate surface area is 189 Å². The second kappa shape index (κ2) is 9.70. The molecule has 33 heavy (non-hydrogen) atoms. The third-order valence-corrected chi connectivity index (χ3v) is 5.57. The van der Waals surface area contributed by atoms with Gasteiger partial charge >= 0.3 is 5.97 Å². The summed E-state index contributed by atoms with van der Waals surface area (Å²) in [7, 11) is 0. The van der Waals surface area contributed by atoms with E-state index in [0.717, 1.165) is 0 Å². The predicted octanol–water partition coefficient (Wildman–Crippen LogP) is -0.115. The minimum atomic E-state index is -1.27. The Morgan fingerprint density at radius 1 is 1.06 bits per heavy atom. The SMILES string of the molecule is C[C@@H]1CC(=O)[C@@H](NC(=O)C[NH3+])c2ccc(O)c(c2)-c2cc(ccc2O)C[C@@H](C(=O)O)NC1=O. The van der Waals surface area contributed by atoms with Crippen molar-refractivity contribution < 1.29 is 40.2 Å². The number of rotatable bonds is 3. The summed E-state index contributed by atoms with van der Waals surface area (Å²) in [6.07, 6.45) is -0.329. The summed E-state index contributed by atoms with van der Waals surface area (Å²) >= 11 is 0. The maximum absolute atomic E-state index is 13.1. The molecule has 1 aliphatic heterocycles. The highest BCUT2D eigenvalue weighted by atomic mass is 16.4. The minimum absolute atomic E-state index is 0.0718. The molecule has 0 aliphatic carbocycles. The summed E-state index contributed by atoms with van der Waals surface area (Å²) in [5.41, 5.74) is 4.78. The lowest BCUT2D eigenvalue weighted by atomic mass is 9.90. The zero-order valence-corrected chi connectivity index (χ0v) is 18.0. The molecular formula is C23H26N3O7+. The van der Waals surface area contributed by atoms with Gasteiger partial charge in [-0.2, -0.15) is 0 Å². The zero-order valence-electron chi connectivity index (χ0n) is 18.0. The van der Waals surface area contributed by atoms with E-state index >= 15 is 0 Å². The molecule has 3 atom stereocenters. The van der Waals surface area contributed by atoms with E-state index in [1.165, 1.54) is 43.3 Å². The minimum Gasteiger partial charge on any atom is -0.507 e. The van der Waals surface area contributed by atoms with Gasteiger partial charge in [0.15, 0.2) is 12.3 Å². The highest BCUT2D eigenvalue weighted by molar-refractivity contribution is 5.94. The van der Waals surface area contributed by atoms with Gasteiger partial charge < -0.3 is 31.7 Å². The Morgan fingerprint density at radius 3 is 2.33 bits per heavy atom. The van der Waals surface area contributed by atoms with Crippen LogP contribution in [0, 0.1) is 5.92 Å². The van der Waals surface area contributed by atoms with Gasteiger partial charge in [0.2, 0.25) is 5.91 Å². The molecule has 1 heterocycles. The second-order valence-electron chi connectivity index (χ2n) is 8.05. The standard InChI is InChI=1S/C23H25N3O7/c1-11-6-19(29)21(26-20(30)10-24)13-3-5-18(28)15(9-13)14-7-12(2-4-17(14)27)8-16(23(32)33)25-22(11)31/h2-5,7,9,11,16,21,27-28H,6,8,10,24H2,1H3,(H,25,31)(H,26,30)(H,32,33)/p+1/t11-,16+,21+/m1/s1. The third-order valence-electron chi connectivity index (χ3n) is 5.57. The molecule has 2 aromatic rings. The Bertz CT molecular complexity index is 1120. The zero-order chi connectivity index (χ0) is 24.3. The van der Waals surface area contributed by atoms with Crippen LogP contribution in [-0.4, -0.2) is 51.5 Å². The summed E-state index contributed by atoms with van der Waals surface area (Å²) < 4.78 is 0. The molecule has 0 fully saturated rings. The number of amides is 2. The summed E-state index contributed by atoms with van der Waals surface area (Å²) in [5, 5.41) is 35.5. The summed E-state index contributed by atoms with van der Waals surface area (Å²) in [6.45, 7) is 1.38. The fourth-order valence-electron chi connectivity index (χ4n) is 3.72. The van der Waals surface area contributed by atoms with Gasteiger partial charge in [-0.1, -0.05) is 19.1 Å². The summed E-state index contributed by atoms with van der Waals surface area (Å²) in [6, 6.07) is 6.30. The smallest absolute Gasteiger partial charge is 0.326 e. The van der Waals surface area contributed by atoms with Crippen molar-refractivity contribution in [3.63, 3.8) is 0 Å². The molecule has 4 bridgehead atoms. The maximum atomic E-state index is 13.1. The highest BCUT2D eigenvalue weighted by Crippen LogP contribution is 2.38.